The molecule has 2 heterocycles. The van der Waals surface area contributed by atoms with Crippen molar-refractivity contribution in [1.82, 2.24) is 9.97 Å². The lowest BCUT2D eigenvalue weighted by atomic mass is 10.1. The molecular formula is C21H23BrN4O. The first-order valence-corrected chi connectivity index (χ1v) is 10.2. The van der Waals surface area contributed by atoms with Gasteiger partial charge in [-0.25, -0.2) is 4.98 Å². The van der Waals surface area contributed by atoms with Crippen molar-refractivity contribution in [1.29, 1.82) is 0 Å². The second-order valence-corrected chi connectivity index (χ2v) is 7.78. The quantitative estimate of drug-likeness (QED) is 0.623. The molecule has 1 aliphatic rings. The summed E-state index contributed by atoms with van der Waals surface area (Å²) < 4.78 is 1.10. The monoisotopic (exact) mass is 426 g/mol. The van der Waals surface area contributed by atoms with E-state index in [1.807, 2.05) is 30.3 Å². The van der Waals surface area contributed by atoms with Crippen LogP contribution in [0.5, 0.6) is 0 Å². The van der Waals surface area contributed by atoms with Gasteiger partial charge in [-0.1, -0.05) is 40.2 Å². The van der Waals surface area contributed by atoms with E-state index in [1.54, 1.807) is 0 Å². The molecule has 4 rings (SSSR count). The van der Waals surface area contributed by atoms with Crippen LogP contribution in [0.25, 0.3) is 10.9 Å². The number of fused-ring (bicyclic) bond motifs is 1. The molecular weight excluding hydrogens is 404 g/mol. The minimum absolute atomic E-state index is 0.112. The van der Waals surface area contributed by atoms with Crippen LogP contribution < -0.4 is 10.2 Å². The highest BCUT2D eigenvalue weighted by molar-refractivity contribution is 9.10. The highest BCUT2D eigenvalue weighted by atomic mass is 79.9. The zero-order valence-corrected chi connectivity index (χ0v) is 16.7. The minimum Gasteiger partial charge on any atom is -0.394 e. The van der Waals surface area contributed by atoms with E-state index in [0.717, 1.165) is 53.5 Å². The number of benzene rings is 2. The summed E-state index contributed by atoms with van der Waals surface area (Å²) in [6.07, 6.45) is 2.96. The molecule has 1 atom stereocenters. The number of aromatic nitrogens is 2. The topological polar surface area (TPSA) is 61.3 Å². The molecule has 27 heavy (non-hydrogen) atoms. The summed E-state index contributed by atoms with van der Waals surface area (Å²) >= 11 is 3.52. The van der Waals surface area contributed by atoms with E-state index in [2.05, 4.69) is 44.3 Å². The summed E-state index contributed by atoms with van der Waals surface area (Å²) in [4.78, 5) is 11.7. The normalized spacial score (nSPS) is 16.8. The van der Waals surface area contributed by atoms with Crippen molar-refractivity contribution in [2.45, 2.75) is 25.3 Å². The lowest BCUT2D eigenvalue weighted by Gasteiger charge is -2.24. The molecule has 2 N–H and O–H groups in total. The first-order valence-electron chi connectivity index (χ1n) is 9.37. The van der Waals surface area contributed by atoms with Gasteiger partial charge >= 0.3 is 0 Å². The van der Waals surface area contributed by atoms with Crippen LogP contribution in [-0.2, 0) is 6.42 Å². The van der Waals surface area contributed by atoms with Crippen molar-refractivity contribution < 1.29 is 5.11 Å². The maximum atomic E-state index is 9.65. The SMILES string of the molecule is OC[C@@H]1CCCN1c1nc(NCCc2cccc(Br)c2)c2ccccc2n1. The summed E-state index contributed by atoms with van der Waals surface area (Å²) in [5.41, 5.74) is 2.20. The summed E-state index contributed by atoms with van der Waals surface area (Å²) in [6.45, 7) is 1.82. The molecule has 0 unspecified atom stereocenters. The summed E-state index contributed by atoms with van der Waals surface area (Å²) in [7, 11) is 0. The van der Waals surface area contributed by atoms with Gasteiger partial charge < -0.3 is 15.3 Å². The molecule has 1 aliphatic heterocycles. The van der Waals surface area contributed by atoms with Gasteiger partial charge in [0.05, 0.1) is 18.2 Å². The van der Waals surface area contributed by atoms with Crippen LogP contribution in [0.2, 0.25) is 0 Å². The number of aliphatic hydroxyl groups excluding tert-OH is 1. The summed E-state index contributed by atoms with van der Waals surface area (Å²) in [5.74, 6) is 1.56. The number of halogens is 1. The standard InChI is InChI=1S/C21H23BrN4O/c22-16-6-3-5-15(13-16)10-11-23-20-18-8-1-2-9-19(18)24-21(25-20)26-12-4-7-17(26)14-27/h1-3,5-6,8-9,13,17,27H,4,7,10-12,14H2,(H,23,24,25)/t17-/m0/s1. The highest BCUT2D eigenvalue weighted by Gasteiger charge is 2.26. The number of nitrogens with zero attached hydrogens (tertiary/aromatic N) is 3. The Morgan fingerprint density at radius 3 is 2.89 bits per heavy atom. The van der Waals surface area contributed by atoms with Crippen molar-refractivity contribution in [3.63, 3.8) is 0 Å². The Balaban J connectivity index is 1.58. The molecule has 1 saturated heterocycles. The zero-order chi connectivity index (χ0) is 18.6. The van der Waals surface area contributed by atoms with Crippen LogP contribution in [0, 0.1) is 0 Å². The van der Waals surface area contributed by atoms with Gasteiger partial charge in [0.2, 0.25) is 5.95 Å². The Labute approximate surface area is 167 Å². The van der Waals surface area contributed by atoms with Crippen molar-refractivity contribution in [3.8, 4) is 0 Å². The van der Waals surface area contributed by atoms with Gasteiger partial charge in [0.15, 0.2) is 0 Å². The minimum atomic E-state index is 0.112. The van der Waals surface area contributed by atoms with Gasteiger partial charge in [0, 0.05) is 22.9 Å². The average molecular weight is 427 g/mol. The molecule has 140 valence electrons. The van der Waals surface area contributed by atoms with Crippen LogP contribution in [-0.4, -0.2) is 40.8 Å². The van der Waals surface area contributed by atoms with E-state index < -0.39 is 0 Å². The molecule has 5 nitrogen and oxygen atoms in total. The molecule has 1 fully saturated rings. The second-order valence-electron chi connectivity index (χ2n) is 6.87. The van der Waals surface area contributed by atoms with Crippen LogP contribution in [0.1, 0.15) is 18.4 Å². The van der Waals surface area contributed by atoms with Gasteiger partial charge in [0.1, 0.15) is 5.82 Å². The lowest BCUT2D eigenvalue weighted by Crippen LogP contribution is -2.33. The Bertz CT molecular complexity index is 933. The third-order valence-electron chi connectivity index (χ3n) is 5.03. The summed E-state index contributed by atoms with van der Waals surface area (Å²) in [5, 5.41) is 14.2. The molecule has 0 amide bonds. The molecule has 0 bridgehead atoms. The van der Waals surface area contributed by atoms with E-state index in [-0.39, 0.29) is 12.6 Å². The first kappa shape index (κ1) is 18.2. The fraction of sp³-hybridized carbons (Fsp3) is 0.333. The smallest absolute Gasteiger partial charge is 0.228 e. The van der Waals surface area contributed by atoms with Gasteiger partial charge in [-0.2, -0.15) is 4.98 Å². The van der Waals surface area contributed by atoms with Crippen LogP contribution in [0.3, 0.4) is 0 Å². The average Bonchev–Trinajstić information content (AvgIpc) is 3.17. The van der Waals surface area contributed by atoms with Gasteiger partial charge in [-0.05, 0) is 49.1 Å². The van der Waals surface area contributed by atoms with E-state index >= 15 is 0 Å². The third kappa shape index (κ3) is 4.06. The van der Waals surface area contributed by atoms with Crippen molar-refractivity contribution in [3.05, 3.63) is 58.6 Å². The Morgan fingerprint density at radius 1 is 1.15 bits per heavy atom. The van der Waals surface area contributed by atoms with Gasteiger partial charge in [0.25, 0.3) is 0 Å². The van der Waals surface area contributed by atoms with E-state index in [1.165, 1.54) is 5.56 Å². The van der Waals surface area contributed by atoms with E-state index in [4.69, 9.17) is 9.97 Å². The molecule has 0 aliphatic carbocycles. The molecule has 0 radical (unpaired) electrons. The molecule has 2 aromatic carbocycles. The largest absolute Gasteiger partial charge is 0.394 e. The fourth-order valence-corrected chi connectivity index (χ4v) is 4.08. The zero-order valence-electron chi connectivity index (χ0n) is 15.1. The molecule has 3 aromatic rings. The number of anilines is 2. The second kappa shape index (κ2) is 8.23. The van der Waals surface area contributed by atoms with E-state index in [0.29, 0.717) is 5.95 Å². The van der Waals surface area contributed by atoms with Crippen LogP contribution in [0.4, 0.5) is 11.8 Å². The maximum Gasteiger partial charge on any atom is 0.228 e. The Morgan fingerprint density at radius 2 is 2.04 bits per heavy atom. The number of aliphatic hydroxyl groups is 1. The first-order chi connectivity index (χ1) is 13.2. The number of hydrogen-bond acceptors (Lipinski definition) is 5. The lowest BCUT2D eigenvalue weighted by molar-refractivity contribution is 0.265. The number of nitrogens with one attached hydrogen (secondary N) is 1. The fourth-order valence-electron chi connectivity index (χ4n) is 3.63. The Kier molecular flexibility index (Phi) is 5.55. The van der Waals surface area contributed by atoms with Crippen LogP contribution in [0.15, 0.2) is 53.0 Å². The predicted molar refractivity (Wildman–Crippen MR) is 113 cm³/mol. The molecule has 6 heteroatoms. The molecule has 0 spiro atoms. The number of rotatable bonds is 6. The number of hydrogen-bond donors (Lipinski definition) is 2. The maximum absolute atomic E-state index is 9.65. The Hall–Kier alpha value is -2.18. The molecule has 1 aromatic heterocycles. The van der Waals surface area contributed by atoms with Gasteiger partial charge in [-0.3, -0.25) is 0 Å². The van der Waals surface area contributed by atoms with Crippen molar-refractivity contribution in [2.24, 2.45) is 0 Å². The number of para-hydroxylation sites is 1. The van der Waals surface area contributed by atoms with Gasteiger partial charge in [-0.15, -0.1) is 0 Å². The van der Waals surface area contributed by atoms with E-state index in [9.17, 15) is 5.11 Å². The highest BCUT2D eigenvalue weighted by Crippen LogP contribution is 2.27. The predicted octanol–water partition coefficient (Wildman–Crippen LogP) is 4.01. The summed E-state index contributed by atoms with van der Waals surface area (Å²) in [6, 6.07) is 16.6. The van der Waals surface area contributed by atoms with Crippen molar-refractivity contribution >= 4 is 38.6 Å². The third-order valence-corrected chi connectivity index (χ3v) is 5.52. The van der Waals surface area contributed by atoms with Crippen molar-refractivity contribution in [2.75, 3.05) is 29.9 Å². The molecule has 0 saturated carbocycles. The van der Waals surface area contributed by atoms with Crippen LogP contribution >= 0.6 is 15.9 Å².